The van der Waals surface area contributed by atoms with Crippen LogP contribution in [0.25, 0.3) is 10.2 Å². The Kier molecular flexibility index (Phi) is 3.06. The van der Waals surface area contributed by atoms with E-state index < -0.39 is 0 Å². The van der Waals surface area contributed by atoms with Gasteiger partial charge in [-0.25, -0.2) is 0 Å². The molecule has 0 bridgehead atoms. The Balaban J connectivity index is 2.57. The number of rotatable bonds is 3. The summed E-state index contributed by atoms with van der Waals surface area (Å²) in [5, 5.41) is 3.84. The second-order valence-corrected chi connectivity index (χ2v) is 4.50. The quantitative estimate of drug-likeness (QED) is 0.627. The van der Waals surface area contributed by atoms with Gasteiger partial charge >= 0.3 is 0 Å². The van der Waals surface area contributed by atoms with Crippen molar-refractivity contribution in [3.05, 3.63) is 29.1 Å². The van der Waals surface area contributed by atoms with E-state index in [2.05, 4.69) is 34.8 Å². The molecule has 3 nitrogen and oxygen atoms in total. The summed E-state index contributed by atoms with van der Waals surface area (Å²) < 4.78 is 3.45. The van der Waals surface area contributed by atoms with Crippen LogP contribution in [0.2, 0.25) is 0 Å². The molecule has 4 heteroatoms. The SMILES string of the molecule is CCCCn1c(=NN)sc2ccccc21. The monoisotopic (exact) mass is 221 g/mol. The first-order valence-electron chi connectivity index (χ1n) is 5.19. The summed E-state index contributed by atoms with van der Waals surface area (Å²) in [6.07, 6.45) is 2.34. The van der Waals surface area contributed by atoms with Gasteiger partial charge in [0.05, 0.1) is 10.2 Å². The van der Waals surface area contributed by atoms with Gasteiger partial charge in [0.1, 0.15) is 0 Å². The first-order valence-corrected chi connectivity index (χ1v) is 6.00. The second kappa shape index (κ2) is 4.49. The number of aryl methyl sites for hydroxylation is 1. The predicted octanol–water partition coefficient (Wildman–Crippen LogP) is 2.28. The third kappa shape index (κ3) is 1.90. The van der Waals surface area contributed by atoms with Crippen LogP contribution in [-0.4, -0.2) is 4.57 Å². The third-order valence-electron chi connectivity index (χ3n) is 2.43. The van der Waals surface area contributed by atoms with Crippen LogP contribution in [0.15, 0.2) is 29.4 Å². The van der Waals surface area contributed by atoms with Crippen LogP contribution in [0, 0.1) is 0 Å². The molecule has 2 aromatic rings. The van der Waals surface area contributed by atoms with Crippen molar-refractivity contribution in [2.24, 2.45) is 10.9 Å². The summed E-state index contributed by atoms with van der Waals surface area (Å²) in [5.74, 6) is 5.40. The fraction of sp³-hybridized carbons (Fsp3) is 0.364. The number of hydrogen-bond acceptors (Lipinski definition) is 3. The van der Waals surface area contributed by atoms with Gasteiger partial charge in [0.15, 0.2) is 0 Å². The molecular formula is C11H15N3S. The highest BCUT2D eigenvalue weighted by Gasteiger charge is 2.03. The summed E-state index contributed by atoms with van der Waals surface area (Å²) in [7, 11) is 0. The minimum atomic E-state index is 0.907. The third-order valence-corrected chi connectivity index (χ3v) is 3.51. The first-order chi connectivity index (χ1) is 7.36. The lowest BCUT2D eigenvalue weighted by atomic mass is 10.3. The highest BCUT2D eigenvalue weighted by Crippen LogP contribution is 2.16. The Hall–Kier alpha value is -1.29. The first kappa shape index (κ1) is 10.2. The molecule has 0 aliphatic carbocycles. The van der Waals surface area contributed by atoms with Crippen molar-refractivity contribution in [3.8, 4) is 0 Å². The maximum absolute atomic E-state index is 5.40. The lowest BCUT2D eigenvalue weighted by Crippen LogP contribution is -2.16. The topological polar surface area (TPSA) is 43.3 Å². The van der Waals surface area contributed by atoms with Gasteiger partial charge in [0.25, 0.3) is 0 Å². The molecule has 0 aliphatic rings. The predicted molar refractivity (Wildman–Crippen MR) is 64.5 cm³/mol. The Morgan fingerprint density at radius 2 is 2.20 bits per heavy atom. The molecule has 0 saturated heterocycles. The van der Waals surface area contributed by atoms with Crippen molar-refractivity contribution in [1.29, 1.82) is 0 Å². The van der Waals surface area contributed by atoms with E-state index in [1.165, 1.54) is 16.6 Å². The molecule has 0 atom stereocenters. The van der Waals surface area contributed by atoms with Crippen LogP contribution in [-0.2, 0) is 6.54 Å². The van der Waals surface area contributed by atoms with Crippen molar-refractivity contribution in [1.82, 2.24) is 4.57 Å². The highest BCUT2D eigenvalue weighted by molar-refractivity contribution is 7.16. The zero-order chi connectivity index (χ0) is 10.7. The number of hydrogen-bond donors (Lipinski definition) is 1. The number of nitrogens with zero attached hydrogens (tertiary/aromatic N) is 2. The van der Waals surface area contributed by atoms with E-state index in [4.69, 9.17) is 5.84 Å². The fourth-order valence-corrected chi connectivity index (χ4v) is 2.63. The fourth-order valence-electron chi connectivity index (χ4n) is 1.65. The summed E-state index contributed by atoms with van der Waals surface area (Å²) >= 11 is 1.65. The molecule has 0 fully saturated rings. The number of thiazole rings is 1. The molecule has 2 N–H and O–H groups in total. The van der Waals surface area contributed by atoms with Crippen LogP contribution in [0.1, 0.15) is 19.8 Å². The van der Waals surface area contributed by atoms with Gasteiger partial charge in [0.2, 0.25) is 4.80 Å². The van der Waals surface area contributed by atoms with E-state index in [0.29, 0.717) is 0 Å². The van der Waals surface area contributed by atoms with Crippen molar-refractivity contribution in [3.63, 3.8) is 0 Å². The van der Waals surface area contributed by atoms with Gasteiger partial charge in [-0.05, 0) is 18.6 Å². The molecule has 0 saturated carbocycles. The molecule has 0 radical (unpaired) electrons. The lowest BCUT2D eigenvalue weighted by molar-refractivity contribution is 0.632. The van der Waals surface area contributed by atoms with E-state index in [-0.39, 0.29) is 0 Å². The standard InChI is InChI=1S/C11H15N3S/c1-2-3-8-14-9-6-4-5-7-10(9)15-11(14)13-12/h4-7H,2-3,8,12H2,1H3. The minimum Gasteiger partial charge on any atom is -0.320 e. The molecule has 0 amide bonds. The molecule has 2 rings (SSSR count). The number of fused-ring (bicyclic) bond motifs is 1. The average molecular weight is 221 g/mol. The summed E-state index contributed by atoms with van der Waals surface area (Å²) in [4.78, 5) is 0.907. The van der Waals surface area contributed by atoms with Crippen LogP contribution >= 0.6 is 11.3 Å². The van der Waals surface area contributed by atoms with Crippen molar-refractivity contribution in [2.75, 3.05) is 0 Å². The molecule has 0 spiro atoms. The minimum absolute atomic E-state index is 0.907. The van der Waals surface area contributed by atoms with Crippen molar-refractivity contribution < 1.29 is 0 Å². The Labute approximate surface area is 92.8 Å². The molecule has 1 heterocycles. The van der Waals surface area contributed by atoms with Gasteiger partial charge in [-0.3, -0.25) is 0 Å². The van der Waals surface area contributed by atoms with Crippen LogP contribution < -0.4 is 10.6 Å². The molecule has 0 unspecified atom stereocenters. The number of para-hydroxylation sites is 1. The van der Waals surface area contributed by atoms with Gasteiger partial charge < -0.3 is 10.4 Å². The zero-order valence-electron chi connectivity index (χ0n) is 8.81. The van der Waals surface area contributed by atoms with E-state index in [0.717, 1.165) is 17.8 Å². The number of aromatic nitrogens is 1. The second-order valence-electron chi connectivity index (χ2n) is 3.49. The maximum Gasteiger partial charge on any atom is 0.208 e. The van der Waals surface area contributed by atoms with Gasteiger partial charge in [-0.1, -0.05) is 36.8 Å². The van der Waals surface area contributed by atoms with Crippen LogP contribution in [0.4, 0.5) is 0 Å². The molecular weight excluding hydrogens is 206 g/mol. The number of unbranched alkanes of at least 4 members (excludes halogenated alkanes) is 1. The normalized spacial score (nSPS) is 12.5. The summed E-state index contributed by atoms with van der Waals surface area (Å²) in [6, 6.07) is 8.33. The van der Waals surface area contributed by atoms with Gasteiger partial charge in [-0.15, -0.1) is 0 Å². The summed E-state index contributed by atoms with van der Waals surface area (Å²) in [6.45, 7) is 3.19. The zero-order valence-corrected chi connectivity index (χ0v) is 9.63. The van der Waals surface area contributed by atoms with E-state index >= 15 is 0 Å². The molecule has 0 aliphatic heterocycles. The summed E-state index contributed by atoms with van der Waals surface area (Å²) in [5.41, 5.74) is 1.24. The Morgan fingerprint density at radius 3 is 2.93 bits per heavy atom. The van der Waals surface area contributed by atoms with E-state index in [1.807, 2.05) is 6.07 Å². The van der Waals surface area contributed by atoms with E-state index in [1.54, 1.807) is 11.3 Å². The van der Waals surface area contributed by atoms with Gasteiger partial charge in [-0.2, -0.15) is 5.10 Å². The Morgan fingerprint density at radius 1 is 1.40 bits per heavy atom. The van der Waals surface area contributed by atoms with Crippen LogP contribution in [0.5, 0.6) is 0 Å². The largest absolute Gasteiger partial charge is 0.320 e. The molecule has 1 aromatic carbocycles. The highest BCUT2D eigenvalue weighted by atomic mass is 32.1. The molecule has 1 aromatic heterocycles. The molecule has 80 valence electrons. The van der Waals surface area contributed by atoms with Crippen molar-refractivity contribution >= 4 is 21.6 Å². The number of benzene rings is 1. The number of nitrogens with two attached hydrogens (primary N) is 1. The maximum atomic E-state index is 5.40. The lowest BCUT2D eigenvalue weighted by Gasteiger charge is -2.02. The molecule has 15 heavy (non-hydrogen) atoms. The smallest absolute Gasteiger partial charge is 0.208 e. The van der Waals surface area contributed by atoms with Crippen LogP contribution in [0.3, 0.4) is 0 Å². The van der Waals surface area contributed by atoms with Crippen molar-refractivity contribution in [2.45, 2.75) is 26.3 Å². The van der Waals surface area contributed by atoms with Gasteiger partial charge in [0, 0.05) is 6.54 Å². The average Bonchev–Trinajstić information content (AvgIpc) is 2.64. The van der Waals surface area contributed by atoms with E-state index in [9.17, 15) is 0 Å². The Bertz CT molecular complexity index is 510.